The van der Waals surface area contributed by atoms with Gasteiger partial charge < -0.3 is 10.4 Å². The van der Waals surface area contributed by atoms with E-state index < -0.39 is 0 Å². The van der Waals surface area contributed by atoms with Crippen LogP contribution in [0.5, 0.6) is 0 Å². The van der Waals surface area contributed by atoms with Gasteiger partial charge in [-0.3, -0.25) is 4.79 Å². The summed E-state index contributed by atoms with van der Waals surface area (Å²) >= 11 is 4.74. The maximum absolute atomic E-state index is 10.6. The van der Waals surface area contributed by atoms with Crippen molar-refractivity contribution < 1.29 is 19.4 Å². The summed E-state index contributed by atoms with van der Waals surface area (Å²) in [5, 5.41) is 11.5. The van der Waals surface area contributed by atoms with E-state index in [1.165, 1.54) is 6.92 Å². The fourth-order valence-electron chi connectivity index (χ4n) is 1.28. The molecular weight excluding hydrogens is 447 g/mol. The summed E-state index contributed by atoms with van der Waals surface area (Å²) in [7, 11) is 0.628. The van der Waals surface area contributed by atoms with Crippen LogP contribution >= 0.6 is 40.0 Å². The number of nitrogens with one attached hydrogen (secondary N) is 1. The van der Waals surface area contributed by atoms with Crippen molar-refractivity contribution in [2.75, 3.05) is 6.61 Å². The van der Waals surface area contributed by atoms with E-state index in [2.05, 4.69) is 45.3 Å². The molecule has 1 rings (SSSR count). The minimum absolute atomic E-state index is 0.0155. The van der Waals surface area contributed by atoms with Crippen LogP contribution in [0.15, 0.2) is 12.2 Å². The molecule has 2 atom stereocenters. The van der Waals surface area contributed by atoms with Crippen molar-refractivity contribution in [1.29, 1.82) is 0 Å². The van der Waals surface area contributed by atoms with Crippen molar-refractivity contribution in [3.63, 3.8) is 0 Å². The molecule has 2 unspecified atom stereocenters. The van der Waals surface area contributed by atoms with E-state index in [1.807, 2.05) is 12.2 Å². The molecule has 0 heterocycles. The standard InChI is InChI=1S/C8H13NO2.2HI.V/c1-6(11)9-8-3-2-7(4-8)5-10;;;/h2-3,7-8,10H,4-5H2,1H3,(H,9,11);2*1H;/q;;;+2/p-2. The number of aliphatic hydroxyl groups excluding tert-OH is 1. The molecule has 0 bridgehead atoms. The second kappa shape index (κ2) is 9.44. The molecule has 6 heteroatoms. The number of amides is 1. The van der Waals surface area contributed by atoms with Gasteiger partial charge in [0.1, 0.15) is 0 Å². The Morgan fingerprint density at radius 2 is 2.21 bits per heavy atom. The number of carbonyl (C=O) groups is 1. The Kier molecular flexibility index (Phi) is 10.3. The van der Waals surface area contributed by atoms with Crippen LogP contribution in [0.4, 0.5) is 0 Å². The summed E-state index contributed by atoms with van der Waals surface area (Å²) in [5.41, 5.74) is 0. The second-order valence-corrected chi connectivity index (χ2v) is 14.7. The Labute approximate surface area is 113 Å². The van der Waals surface area contributed by atoms with Gasteiger partial charge in [0.2, 0.25) is 5.91 Å². The third-order valence-corrected chi connectivity index (χ3v) is 1.80. The zero-order valence-electron chi connectivity index (χ0n) is 7.78. The molecule has 0 aromatic rings. The summed E-state index contributed by atoms with van der Waals surface area (Å²) in [6.45, 7) is 1.67. The van der Waals surface area contributed by atoms with Crippen LogP contribution < -0.4 is 5.32 Å². The average molecular weight is 460 g/mol. The van der Waals surface area contributed by atoms with Crippen molar-refractivity contribution in [2.24, 2.45) is 5.92 Å². The molecule has 0 saturated carbocycles. The zero-order valence-corrected chi connectivity index (χ0v) is 13.5. The molecule has 2 N–H and O–H groups in total. The Morgan fingerprint density at radius 3 is 2.57 bits per heavy atom. The van der Waals surface area contributed by atoms with Gasteiger partial charge in [-0.05, 0) is 6.42 Å². The summed E-state index contributed by atoms with van der Waals surface area (Å²) in [4.78, 5) is 10.6. The van der Waals surface area contributed by atoms with Crippen LogP contribution in [-0.4, -0.2) is 23.7 Å². The van der Waals surface area contributed by atoms with Crippen molar-refractivity contribution >= 4 is 45.9 Å². The normalized spacial score (nSPS) is 23.7. The molecule has 81 valence electrons. The van der Waals surface area contributed by atoms with E-state index in [1.54, 1.807) is 0 Å². The van der Waals surface area contributed by atoms with Gasteiger partial charge in [-0.15, -0.1) is 0 Å². The van der Waals surface area contributed by atoms with Gasteiger partial charge in [-0.1, -0.05) is 12.2 Å². The van der Waals surface area contributed by atoms with E-state index in [4.69, 9.17) is 5.11 Å². The van der Waals surface area contributed by atoms with Gasteiger partial charge in [0.25, 0.3) is 0 Å². The van der Waals surface area contributed by atoms with Crippen LogP contribution in [0.25, 0.3) is 0 Å². The summed E-state index contributed by atoms with van der Waals surface area (Å²) in [6.07, 6.45) is 4.71. The van der Waals surface area contributed by atoms with Crippen molar-refractivity contribution in [3.05, 3.63) is 12.2 Å². The number of hydrogen-bond donors (Lipinski definition) is 2. The first-order valence-corrected chi connectivity index (χ1v) is 13.1. The predicted molar refractivity (Wildman–Crippen MR) is 70.0 cm³/mol. The summed E-state index contributed by atoms with van der Waals surface area (Å²) < 4.78 is 0. The molecule has 0 spiro atoms. The van der Waals surface area contributed by atoms with Crippen LogP contribution in [0.3, 0.4) is 0 Å². The summed E-state index contributed by atoms with van der Waals surface area (Å²) in [6, 6.07) is 0.129. The van der Waals surface area contributed by atoms with Crippen molar-refractivity contribution in [2.45, 2.75) is 19.4 Å². The first-order chi connectivity index (χ1) is 6.63. The van der Waals surface area contributed by atoms with Crippen LogP contribution in [0.1, 0.15) is 13.3 Å². The molecule has 0 saturated heterocycles. The van der Waals surface area contributed by atoms with Gasteiger partial charge in [-0.25, -0.2) is 0 Å². The molecule has 1 aliphatic rings. The van der Waals surface area contributed by atoms with E-state index in [-0.39, 0.29) is 24.5 Å². The predicted octanol–water partition coefficient (Wildman–Crippen LogP) is 1.83. The van der Waals surface area contributed by atoms with Gasteiger partial charge in [0.05, 0.1) is 0 Å². The zero-order chi connectivity index (χ0) is 11.0. The molecular formula is C8H13I2NO2V. The monoisotopic (exact) mass is 460 g/mol. The third kappa shape index (κ3) is 7.50. The van der Waals surface area contributed by atoms with Gasteiger partial charge in [0.15, 0.2) is 0 Å². The van der Waals surface area contributed by atoms with E-state index in [0.717, 1.165) is 6.42 Å². The van der Waals surface area contributed by atoms with E-state index in [0.29, 0.717) is 9.47 Å². The van der Waals surface area contributed by atoms with E-state index >= 15 is 0 Å². The molecule has 0 radical (unpaired) electrons. The molecule has 0 fully saturated rings. The molecule has 0 aliphatic heterocycles. The Morgan fingerprint density at radius 1 is 1.64 bits per heavy atom. The number of halogens is 2. The van der Waals surface area contributed by atoms with E-state index in [9.17, 15) is 4.79 Å². The van der Waals surface area contributed by atoms with Crippen LogP contribution in [0, 0.1) is 5.92 Å². The number of hydrogen-bond acceptors (Lipinski definition) is 2. The number of rotatable bonds is 2. The third-order valence-electron chi connectivity index (χ3n) is 1.80. The first-order valence-electron chi connectivity index (χ1n) is 4.12. The Hall–Kier alpha value is 1.21. The van der Waals surface area contributed by atoms with Gasteiger partial charge in [0, 0.05) is 25.5 Å². The number of carbonyl (C=O) groups excluding carboxylic acids is 1. The minimum atomic E-state index is -0.0155. The Bertz CT molecular complexity index is 202. The average Bonchev–Trinajstić information content (AvgIpc) is 2.52. The maximum atomic E-state index is 10.6. The van der Waals surface area contributed by atoms with Gasteiger partial charge in [-0.2, -0.15) is 0 Å². The van der Waals surface area contributed by atoms with Crippen molar-refractivity contribution in [3.8, 4) is 0 Å². The first kappa shape index (κ1) is 15.2. The second-order valence-electron chi connectivity index (χ2n) is 2.93. The van der Waals surface area contributed by atoms with Crippen LogP contribution in [0.2, 0.25) is 0 Å². The molecule has 1 aliphatic carbocycles. The fourth-order valence-corrected chi connectivity index (χ4v) is 1.28. The number of aliphatic hydroxyl groups is 1. The van der Waals surface area contributed by atoms with Crippen molar-refractivity contribution in [1.82, 2.24) is 5.32 Å². The summed E-state index contributed by atoms with van der Waals surface area (Å²) in [5.74, 6) is 0.213. The topological polar surface area (TPSA) is 49.3 Å². The quantitative estimate of drug-likeness (QED) is 0.489. The van der Waals surface area contributed by atoms with Gasteiger partial charge >= 0.3 is 49.4 Å². The molecule has 3 nitrogen and oxygen atoms in total. The SMILES string of the molecule is CC(=O)NC1C=CC(CO)C1.[I][V][I]. The Balaban J connectivity index is 0.000000500. The molecule has 14 heavy (non-hydrogen) atoms. The fraction of sp³-hybridized carbons (Fsp3) is 0.625. The van der Waals surface area contributed by atoms with Crippen LogP contribution in [-0.2, 0) is 14.3 Å². The molecule has 1 amide bonds. The molecule has 0 aromatic heterocycles. The molecule has 0 aromatic carbocycles.